The highest BCUT2D eigenvalue weighted by Crippen LogP contribution is 2.49. The van der Waals surface area contributed by atoms with Crippen molar-refractivity contribution in [3.63, 3.8) is 0 Å². The first-order chi connectivity index (χ1) is 18.6. The first-order valence-electron chi connectivity index (χ1n) is 14.6. The predicted octanol–water partition coefficient (Wildman–Crippen LogP) is 5.20. The molecule has 40 heavy (non-hydrogen) atoms. The first kappa shape index (κ1) is 31.0. The fourth-order valence-corrected chi connectivity index (χ4v) is 17.4. The van der Waals surface area contributed by atoms with Gasteiger partial charge in [-0.3, -0.25) is 24.5 Å². The summed E-state index contributed by atoms with van der Waals surface area (Å²) in [6.07, 6.45) is 0.490. The van der Waals surface area contributed by atoms with Crippen LogP contribution in [0.25, 0.3) is 11.2 Å². The summed E-state index contributed by atoms with van der Waals surface area (Å²) in [6.45, 7) is 23.6. The van der Waals surface area contributed by atoms with E-state index in [1.165, 1.54) is 0 Å². The van der Waals surface area contributed by atoms with Crippen molar-refractivity contribution in [3.8, 4) is 0 Å². The van der Waals surface area contributed by atoms with E-state index in [-0.39, 0.29) is 63.6 Å². The Morgan fingerprint density at radius 2 is 1.62 bits per heavy atom. The van der Waals surface area contributed by atoms with Gasteiger partial charge >= 0.3 is 17.1 Å². The molecule has 13 heteroatoms. The van der Waals surface area contributed by atoms with E-state index in [1.54, 1.807) is 24.7 Å². The maximum Gasteiger partial charge on any atom is 0.335 e. The van der Waals surface area contributed by atoms with E-state index in [4.69, 9.17) is 17.7 Å². The molecule has 1 amide bonds. The van der Waals surface area contributed by atoms with E-state index in [0.29, 0.717) is 12.3 Å². The van der Waals surface area contributed by atoms with Crippen LogP contribution in [0.4, 0.5) is 5.95 Å². The van der Waals surface area contributed by atoms with Crippen LogP contribution in [0.3, 0.4) is 0 Å². The molecule has 0 bridgehead atoms. The molecule has 11 nitrogen and oxygen atoms in total. The Hall–Kier alpha value is -1.91. The number of amides is 1. The summed E-state index contributed by atoms with van der Waals surface area (Å²) in [6, 6.07) is 0. The van der Waals surface area contributed by atoms with Gasteiger partial charge in [0.05, 0.1) is 19.0 Å². The molecule has 0 spiro atoms. The number of fused-ring (bicyclic) bond motifs is 2. The predicted molar refractivity (Wildman–Crippen MR) is 159 cm³/mol. The van der Waals surface area contributed by atoms with Crippen molar-refractivity contribution in [2.45, 2.75) is 117 Å². The van der Waals surface area contributed by atoms with E-state index < -0.39 is 28.9 Å². The zero-order chi connectivity index (χ0) is 29.7. The first-order valence-corrected chi connectivity index (χ1v) is 18.5. The quantitative estimate of drug-likeness (QED) is 0.419. The van der Waals surface area contributed by atoms with Gasteiger partial charge in [-0.15, -0.1) is 0 Å². The molecule has 2 fully saturated rings. The fourth-order valence-electron chi connectivity index (χ4n) is 6.09. The smallest absolute Gasteiger partial charge is 0.335 e. The van der Waals surface area contributed by atoms with Crippen molar-refractivity contribution in [2.75, 3.05) is 11.9 Å². The average Bonchev–Trinajstić information content (AvgIpc) is 3.39. The van der Waals surface area contributed by atoms with Gasteiger partial charge in [-0.05, 0) is 22.2 Å². The van der Waals surface area contributed by atoms with Crippen molar-refractivity contribution in [1.29, 1.82) is 0 Å². The van der Waals surface area contributed by atoms with Crippen molar-refractivity contribution >= 4 is 40.1 Å². The number of imidazole rings is 1. The number of carbonyl (C=O) groups excluding carboxylic acids is 1. The molecule has 0 saturated carbocycles. The summed E-state index contributed by atoms with van der Waals surface area (Å²) in [5, 5.41) is 2.69. The minimum Gasteiger partial charge on any atom is -0.414 e. The molecule has 0 aromatic carbocycles. The van der Waals surface area contributed by atoms with Crippen LogP contribution in [0.1, 0.15) is 82.4 Å². The highest BCUT2D eigenvalue weighted by atomic mass is 28.5. The molecule has 2 N–H and O–H groups in total. The average molecular weight is 594 g/mol. The molecule has 0 aliphatic carbocycles. The molecule has 0 radical (unpaired) electrons. The Morgan fingerprint density at radius 3 is 2.17 bits per heavy atom. The zero-order valence-electron chi connectivity index (χ0n) is 25.8. The molecule has 4 rings (SSSR count). The lowest BCUT2D eigenvalue weighted by Gasteiger charge is -2.51. The molecule has 2 aliphatic rings. The largest absolute Gasteiger partial charge is 0.414 e. The summed E-state index contributed by atoms with van der Waals surface area (Å²) in [7, 11) is -5.51. The number of nitrogens with one attached hydrogen (secondary N) is 2. The highest BCUT2D eigenvalue weighted by Gasteiger charge is 2.61. The van der Waals surface area contributed by atoms with Gasteiger partial charge in [0.1, 0.15) is 12.3 Å². The SMILES string of the molecule is CC(C)C(=O)Nc1nc2c(ncn2C2OC3CO[Si](C(C)C)(C(C)C)O[Si](C(C)C)(C(C)C)OC3C2C)c(=O)[nH]1. The lowest BCUT2D eigenvalue weighted by Crippen LogP contribution is -2.65. The van der Waals surface area contributed by atoms with Crippen LogP contribution in [0.5, 0.6) is 0 Å². The van der Waals surface area contributed by atoms with Crippen LogP contribution in [-0.4, -0.2) is 61.4 Å². The van der Waals surface area contributed by atoms with E-state index in [9.17, 15) is 9.59 Å². The number of hydrogen-bond acceptors (Lipinski definition) is 8. The third kappa shape index (κ3) is 5.24. The number of aromatic amines is 1. The molecule has 2 aliphatic heterocycles. The number of aromatic nitrogens is 4. The maximum absolute atomic E-state index is 12.8. The van der Waals surface area contributed by atoms with Gasteiger partial charge in [0, 0.05) is 11.8 Å². The van der Waals surface area contributed by atoms with E-state index in [2.05, 4.69) is 82.6 Å². The number of ether oxygens (including phenoxy) is 1. The number of anilines is 1. The van der Waals surface area contributed by atoms with Crippen molar-refractivity contribution in [1.82, 2.24) is 19.5 Å². The number of H-pyrrole nitrogens is 1. The number of nitrogens with zero attached hydrogens (tertiary/aromatic N) is 3. The Kier molecular flexibility index (Phi) is 8.85. The van der Waals surface area contributed by atoms with Gasteiger partial charge in [0.25, 0.3) is 5.56 Å². The van der Waals surface area contributed by atoms with Crippen LogP contribution in [0.15, 0.2) is 11.1 Å². The van der Waals surface area contributed by atoms with Gasteiger partial charge in [0.2, 0.25) is 11.9 Å². The standard InChI is InChI=1S/C27H47N5O6Si2/c1-14(2)24(33)30-27-29-23-21(25(34)31-27)28-13-32(23)26-19(11)22-20(36-26)12-35-39(15(3)4,16(5)6)38-40(37-22,17(7)8)18(9)10/h13-20,22,26H,12H2,1-11H3,(H2,29,30,31,33,34). The Labute approximate surface area is 239 Å². The topological polar surface area (TPSA) is 130 Å². The Bertz CT molecular complexity index is 1260. The van der Waals surface area contributed by atoms with Crippen LogP contribution in [0, 0.1) is 11.8 Å². The number of carbonyl (C=O) groups is 1. The van der Waals surface area contributed by atoms with Crippen LogP contribution in [-0.2, 0) is 22.5 Å². The molecule has 4 unspecified atom stereocenters. The third-order valence-corrected chi connectivity index (χ3v) is 18.7. The van der Waals surface area contributed by atoms with Crippen molar-refractivity contribution in [3.05, 3.63) is 16.7 Å². The van der Waals surface area contributed by atoms with E-state index in [0.717, 1.165) is 0 Å². The van der Waals surface area contributed by atoms with Gasteiger partial charge in [-0.2, -0.15) is 4.98 Å². The Balaban J connectivity index is 1.76. The lowest BCUT2D eigenvalue weighted by molar-refractivity contribution is -0.118. The number of hydrogen-bond donors (Lipinski definition) is 2. The summed E-state index contributed by atoms with van der Waals surface area (Å²) in [5.74, 6) is -0.535. The van der Waals surface area contributed by atoms with Gasteiger partial charge in [0.15, 0.2) is 11.2 Å². The molecule has 2 aromatic rings. The summed E-state index contributed by atoms with van der Waals surface area (Å²) >= 11 is 0. The summed E-state index contributed by atoms with van der Waals surface area (Å²) < 4.78 is 29.9. The maximum atomic E-state index is 12.8. The molecule has 2 saturated heterocycles. The normalized spacial score (nSPS) is 26.6. The second-order valence-corrected chi connectivity index (χ2v) is 21.7. The highest BCUT2D eigenvalue weighted by molar-refractivity contribution is 6.84. The molecule has 4 atom stereocenters. The number of rotatable bonds is 7. The fraction of sp³-hybridized carbons (Fsp3) is 0.778. The molecule has 2 aromatic heterocycles. The molecular formula is C27H47N5O6Si2. The van der Waals surface area contributed by atoms with Crippen LogP contribution in [0.2, 0.25) is 22.2 Å². The summed E-state index contributed by atoms with van der Waals surface area (Å²) in [4.78, 5) is 36.6. The monoisotopic (exact) mass is 593 g/mol. The van der Waals surface area contributed by atoms with E-state index in [1.807, 2.05) is 0 Å². The minimum absolute atomic E-state index is 0.0818. The molecular weight excluding hydrogens is 546 g/mol. The van der Waals surface area contributed by atoms with E-state index >= 15 is 0 Å². The second-order valence-electron chi connectivity index (χ2n) is 12.9. The van der Waals surface area contributed by atoms with Crippen LogP contribution >= 0.6 is 0 Å². The third-order valence-electron chi connectivity index (χ3n) is 8.45. The van der Waals surface area contributed by atoms with Gasteiger partial charge in [-0.25, -0.2) is 4.98 Å². The molecule has 4 heterocycles. The minimum atomic E-state index is -2.81. The van der Waals surface area contributed by atoms with Crippen molar-refractivity contribution in [2.24, 2.45) is 11.8 Å². The van der Waals surface area contributed by atoms with Gasteiger partial charge < -0.3 is 17.7 Å². The lowest BCUT2D eigenvalue weighted by atomic mass is 10.0. The summed E-state index contributed by atoms with van der Waals surface area (Å²) in [5.41, 5.74) is 0.971. The van der Waals surface area contributed by atoms with Crippen LogP contribution < -0.4 is 10.9 Å². The zero-order valence-corrected chi connectivity index (χ0v) is 27.8. The van der Waals surface area contributed by atoms with Crippen molar-refractivity contribution < 1.29 is 22.5 Å². The van der Waals surface area contributed by atoms with Gasteiger partial charge in [-0.1, -0.05) is 76.2 Å². The molecule has 224 valence electrons. The second kappa shape index (κ2) is 11.4. The Morgan fingerprint density at radius 1 is 1.02 bits per heavy atom.